The highest BCUT2D eigenvalue weighted by molar-refractivity contribution is 5.93. The largest absolute Gasteiger partial charge is 0.399 e. The molecule has 5 heteroatoms. The SMILES string of the molecule is CC(Nc1ccc(C(N)=O)cc1F)c1cccc(N)c1. The van der Waals surface area contributed by atoms with Crippen LogP contribution in [0.5, 0.6) is 0 Å². The van der Waals surface area contributed by atoms with Crippen molar-refractivity contribution in [2.24, 2.45) is 5.73 Å². The lowest BCUT2D eigenvalue weighted by Gasteiger charge is -2.17. The number of nitrogens with one attached hydrogen (secondary N) is 1. The van der Waals surface area contributed by atoms with Crippen molar-refractivity contribution in [3.05, 3.63) is 59.4 Å². The number of hydrogen-bond donors (Lipinski definition) is 3. The normalized spacial score (nSPS) is 11.9. The van der Waals surface area contributed by atoms with Crippen LogP contribution in [0.25, 0.3) is 0 Å². The summed E-state index contributed by atoms with van der Waals surface area (Å²) in [5.74, 6) is -1.17. The van der Waals surface area contributed by atoms with Gasteiger partial charge in [0.1, 0.15) is 5.82 Å². The van der Waals surface area contributed by atoms with Crippen LogP contribution in [0.3, 0.4) is 0 Å². The summed E-state index contributed by atoms with van der Waals surface area (Å²) < 4.78 is 13.9. The van der Waals surface area contributed by atoms with Gasteiger partial charge in [-0.05, 0) is 42.8 Å². The fourth-order valence-corrected chi connectivity index (χ4v) is 1.93. The second-order valence-electron chi connectivity index (χ2n) is 4.60. The van der Waals surface area contributed by atoms with Gasteiger partial charge in [-0.25, -0.2) is 4.39 Å². The van der Waals surface area contributed by atoms with Crippen LogP contribution in [-0.4, -0.2) is 5.91 Å². The lowest BCUT2D eigenvalue weighted by molar-refractivity contribution is 0.1000. The monoisotopic (exact) mass is 273 g/mol. The maximum absolute atomic E-state index is 13.9. The molecule has 0 saturated carbocycles. The maximum Gasteiger partial charge on any atom is 0.248 e. The summed E-state index contributed by atoms with van der Waals surface area (Å²) in [6, 6.07) is 11.4. The molecule has 0 bridgehead atoms. The minimum absolute atomic E-state index is 0.118. The minimum Gasteiger partial charge on any atom is -0.399 e. The van der Waals surface area contributed by atoms with Crippen LogP contribution in [-0.2, 0) is 0 Å². The number of amides is 1. The second kappa shape index (κ2) is 5.61. The summed E-state index contributed by atoms with van der Waals surface area (Å²) in [6.45, 7) is 1.90. The van der Waals surface area contributed by atoms with E-state index in [0.29, 0.717) is 11.4 Å². The van der Waals surface area contributed by atoms with Gasteiger partial charge in [-0.2, -0.15) is 0 Å². The summed E-state index contributed by atoms with van der Waals surface area (Å²) >= 11 is 0. The number of hydrogen-bond acceptors (Lipinski definition) is 3. The Bertz CT molecular complexity index is 643. The number of benzene rings is 2. The van der Waals surface area contributed by atoms with Gasteiger partial charge >= 0.3 is 0 Å². The molecule has 2 rings (SSSR count). The predicted octanol–water partition coefficient (Wildman–Crippen LogP) is 2.68. The van der Waals surface area contributed by atoms with E-state index in [1.807, 2.05) is 25.1 Å². The van der Waals surface area contributed by atoms with Crippen molar-refractivity contribution < 1.29 is 9.18 Å². The van der Waals surface area contributed by atoms with Crippen LogP contribution >= 0.6 is 0 Å². The first kappa shape index (κ1) is 13.9. The number of carbonyl (C=O) groups excluding carboxylic acids is 1. The van der Waals surface area contributed by atoms with Crippen molar-refractivity contribution >= 4 is 17.3 Å². The van der Waals surface area contributed by atoms with Gasteiger partial charge in [0.05, 0.1) is 5.69 Å². The zero-order chi connectivity index (χ0) is 14.7. The summed E-state index contributed by atoms with van der Waals surface area (Å²) in [7, 11) is 0. The van der Waals surface area contributed by atoms with Crippen LogP contribution in [0.1, 0.15) is 28.9 Å². The Morgan fingerprint density at radius 2 is 2.00 bits per heavy atom. The molecule has 2 aromatic rings. The molecule has 2 aromatic carbocycles. The van der Waals surface area contributed by atoms with E-state index in [1.165, 1.54) is 12.1 Å². The van der Waals surface area contributed by atoms with Crippen molar-refractivity contribution in [3.8, 4) is 0 Å². The molecule has 0 saturated heterocycles. The molecule has 20 heavy (non-hydrogen) atoms. The Hall–Kier alpha value is -2.56. The van der Waals surface area contributed by atoms with E-state index in [-0.39, 0.29) is 11.6 Å². The molecule has 1 atom stereocenters. The molecule has 0 aliphatic rings. The molecule has 1 unspecified atom stereocenters. The molecule has 0 fully saturated rings. The average molecular weight is 273 g/mol. The fourth-order valence-electron chi connectivity index (χ4n) is 1.93. The molecule has 0 spiro atoms. The van der Waals surface area contributed by atoms with E-state index >= 15 is 0 Å². The highest BCUT2D eigenvalue weighted by Gasteiger charge is 2.11. The standard InChI is InChI=1S/C15H16FN3O/c1-9(10-3-2-4-12(17)7-10)19-14-6-5-11(15(18)20)8-13(14)16/h2-9,19H,17H2,1H3,(H2,18,20). The van der Waals surface area contributed by atoms with Gasteiger partial charge in [-0.15, -0.1) is 0 Å². The Balaban J connectivity index is 2.19. The number of anilines is 2. The fraction of sp³-hybridized carbons (Fsp3) is 0.133. The lowest BCUT2D eigenvalue weighted by atomic mass is 10.1. The molecule has 5 N–H and O–H groups in total. The van der Waals surface area contributed by atoms with Gasteiger partial charge in [0, 0.05) is 17.3 Å². The van der Waals surface area contributed by atoms with Crippen LogP contribution in [0.2, 0.25) is 0 Å². The molecule has 0 aromatic heterocycles. The Morgan fingerprint density at radius 1 is 1.25 bits per heavy atom. The number of carbonyl (C=O) groups is 1. The average Bonchev–Trinajstić information content (AvgIpc) is 2.40. The van der Waals surface area contributed by atoms with Crippen molar-refractivity contribution in [1.29, 1.82) is 0 Å². The first-order chi connectivity index (χ1) is 9.47. The van der Waals surface area contributed by atoms with Crippen molar-refractivity contribution in [3.63, 3.8) is 0 Å². The topological polar surface area (TPSA) is 81.1 Å². The first-order valence-corrected chi connectivity index (χ1v) is 6.18. The van der Waals surface area contributed by atoms with E-state index in [2.05, 4.69) is 5.32 Å². The highest BCUT2D eigenvalue weighted by atomic mass is 19.1. The van der Waals surface area contributed by atoms with Gasteiger partial charge in [0.25, 0.3) is 0 Å². The molecule has 0 aliphatic heterocycles. The third-order valence-corrected chi connectivity index (χ3v) is 3.04. The molecule has 0 radical (unpaired) electrons. The molecule has 1 amide bonds. The van der Waals surface area contributed by atoms with Crippen molar-refractivity contribution in [2.75, 3.05) is 11.1 Å². The van der Waals surface area contributed by atoms with Crippen LogP contribution in [0.15, 0.2) is 42.5 Å². The van der Waals surface area contributed by atoms with E-state index in [1.54, 1.807) is 6.07 Å². The Labute approximate surface area is 116 Å². The number of rotatable bonds is 4. The van der Waals surface area contributed by atoms with E-state index in [0.717, 1.165) is 11.6 Å². The van der Waals surface area contributed by atoms with E-state index in [4.69, 9.17) is 11.5 Å². The predicted molar refractivity (Wildman–Crippen MR) is 77.8 cm³/mol. The summed E-state index contributed by atoms with van der Waals surface area (Å²) in [5.41, 5.74) is 12.9. The summed E-state index contributed by atoms with van der Waals surface area (Å²) in [4.78, 5) is 11.0. The zero-order valence-corrected chi connectivity index (χ0v) is 11.1. The lowest BCUT2D eigenvalue weighted by Crippen LogP contribution is -2.12. The van der Waals surface area contributed by atoms with Crippen LogP contribution in [0.4, 0.5) is 15.8 Å². The van der Waals surface area contributed by atoms with Gasteiger partial charge < -0.3 is 16.8 Å². The summed E-state index contributed by atoms with van der Waals surface area (Å²) in [6.07, 6.45) is 0. The molecule has 4 nitrogen and oxygen atoms in total. The Kier molecular flexibility index (Phi) is 3.89. The third-order valence-electron chi connectivity index (χ3n) is 3.04. The quantitative estimate of drug-likeness (QED) is 0.749. The first-order valence-electron chi connectivity index (χ1n) is 6.18. The van der Waals surface area contributed by atoms with Crippen LogP contribution < -0.4 is 16.8 Å². The van der Waals surface area contributed by atoms with Crippen molar-refractivity contribution in [2.45, 2.75) is 13.0 Å². The summed E-state index contributed by atoms with van der Waals surface area (Å²) in [5, 5.41) is 3.04. The number of halogens is 1. The smallest absolute Gasteiger partial charge is 0.248 e. The second-order valence-corrected chi connectivity index (χ2v) is 4.60. The molecular weight excluding hydrogens is 257 g/mol. The van der Waals surface area contributed by atoms with Crippen molar-refractivity contribution in [1.82, 2.24) is 0 Å². The maximum atomic E-state index is 13.9. The number of nitrogens with two attached hydrogens (primary N) is 2. The number of nitrogen functional groups attached to an aromatic ring is 1. The zero-order valence-electron chi connectivity index (χ0n) is 11.1. The molecule has 0 aliphatic carbocycles. The van der Waals surface area contributed by atoms with Gasteiger partial charge in [-0.3, -0.25) is 4.79 Å². The molecule has 104 valence electrons. The number of primary amides is 1. The Morgan fingerprint density at radius 3 is 2.60 bits per heavy atom. The molecular formula is C15H16FN3O. The van der Waals surface area contributed by atoms with E-state index in [9.17, 15) is 9.18 Å². The van der Waals surface area contributed by atoms with Gasteiger partial charge in [0.2, 0.25) is 5.91 Å². The van der Waals surface area contributed by atoms with Gasteiger partial charge in [-0.1, -0.05) is 12.1 Å². The van der Waals surface area contributed by atoms with E-state index < -0.39 is 11.7 Å². The molecule has 0 heterocycles. The van der Waals surface area contributed by atoms with Crippen LogP contribution in [0, 0.1) is 5.82 Å². The van der Waals surface area contributed by atoms with Gasteiger partial charge in [0.15, 0.2) is 0 Å². The highest BCUT2D eigenvalue weighted by Crippen LogP contribution is 2.23. The minimum atomic E-state index is -0.653. The third kappa shape index (κ3) is 3.06.